The molecule has 0 bridgehead atoms. The van der Waals surface area contributed by atoms with Crippen molar-refractivity contribution in [1.82, 2.24) is 5.32 Å². The molecule has 0 aliphatic carbocycles. The van der Waals surface area contributed by atoms with E-state index in [1.165, 1.54) is 6.08 Å². The first kappa shape index (κ1) is 34.8. The molecule has 0 fully saturated rings. The van der Waals surface area contributed by atoms with E-state index in [1.807, 2.05) is 53.8 Å². The third kappa shape index (κ3) is 8.87. The highest BCUT2D eigenvalue weighted by Gasteiger charge is 2.40. The lowest BCUT2D eigenvalue weighted by atomic mass is 9.66. The molecular formula is C36H51FN2O. The fourth-order valence-electron chi connectivity index (χ4n) is 5.21. The number of carbonyl (C=O) groups is 1. The monoisotopic (exact) mass is 546 g/mol. The number of Topliss-reactive ketones (excluding diaryl/α,β-unsaturated/α-hetero) is 1. The topological polar surface area (TPSA) is 41.5 Å². The minimum absolute atomic E-state index is 0.0243. The van der Waals surface area contributed by atoms with Crippen LogP contribution in [-0.2, 0) is 10.2 Å². The van der Waals surface area contributed by atoms with Gasteiger partial charge in [-0.2, -0.15) is 0 Å². The fraction of sp³-hybridized carbons (Fsp3) is 0.444. The third-order valence-corrected chi connectivity index (χ3v) is 7.22. The molecule has 0 aliphatic heterocycles. The summed E-state index contributed by atoms with van der Waals surface area (Å²) in [6.45, 7) is 26.1. The lowest BCUT2D eigenvalue weighted by molar-refractivity contribution is -0.128. The molecule has 218 valence electrons. The van der Waals surface area contributed by atoms with Crippen LogP contribution in [0.15, 0.2) is 89.1 Å². The van der Waals surface area contributed by atoms with Crippen molar-refractivity contribution in [3.63, 3.8) is 0 Å². The summed E-state index contributed by atoms with van der Waals surface area (Å²) in [5.74, 6) is -0.125. The Morgan fingerprint density at radius 2 is 1.77 bits per heavy atom. The van der Waals surface area contributed by atoms with E-state index >= 15 is 0 Å². The van der Waals surface area contributed by atoms with Crippen LogP contribution in [0.1, 0.15) is 104 Å². The van der Waals surface area contributed by atoms with Gasteiger partial charge in [0.2, 0.25) is 0 Å². The van der Waals surface area contributed by atoms with E-state index in [-0.39, 0.29) is 5.92 Å². The molecule has 1 aromatic rings. The Labute approximate surface area is 243 Å². The van der Waals surface area contributed by atoms with Crippen LogP contribution in [-0.4, -0.2) is 12.0 Å². The summed E-state index contributed by atoms with van der Waals surface area (Å²) in [4.78, 5) is 18.3. The molecule has 1 rings (SSSR count). The molecule has 0 saturated carbocycles. The average molecular weight is 547 g/mol. The lowest BCUT2D eigenvalue weighted by Crippen LogP contribution is -2.39. The van der Waals surface area contributed by atoms with Crippen molar-refractivity contribution in [2.75, 3.05) is 0 Å². The first-order valence-electron chi connectivity index (χ1n) is 14.6. The molecule has 4 heteroatoms. The van der Waals surface area contributed by atoms with Crippen molar-refractivity contribution in [2.45, 2.75) is 99.8 Å². The number of benzene rings is 1. The summed E-state index contributed by atoms with van der Waals surface area (Å²) in [7, 11) is 0. The van der Waals surface area contributed by atoms with Gasteiger partial charge in [0.1, 0.15) is 11.6 Å². The average Bonchev–Trinajstić information content (AvgIpc) is 2.93. The molecule has 0 radical (unpaired) electrons. The van der Waals surface area contributed by atoms with Crippen LogP contribution in [0.5, 0.6) is 0 Å². The van der Waals surface area contributed by atoms with Gasteiger partial charge in [0.05, 0.1) is 16.8 Å². The van der Waals surface area contributed by atoms with Crippen LogP contribution in [0.3, 0.4) is 0 Å². The van der Waals surface area contributed by atoms with Crippen molar-refractivity contribution in [3.05, 3.63) is 101 Å². The van der Waals surface area contributed by atoms with Gasteiger partial charge in [0.15, 0.2) is 0 Å². The van der Waals surface area contributed by atoms with E-state index in [4.69, 9.17) is 4.99 Å². The van der Waals surface area contributed by atoms with E-state index < -0.39 is 11.2 Å². The molecule has 0 atom stereocenters. The van der Waals surface area contributed by atoms with Crippen LogP contribution in [0.4, 0.5) is 4.39 Å². The Morgan fingerprint density at radius 1 is 1.15 bits per heavy atom. The third-order valence-electron chi connectivity index (χ3n) is 7.22. The summed E-state index contributed by atoms with van der Waals surface area (Å²) >= 11 is 0. The van der Waals surface area contributed by atoms with Crippen LogP contribution >= 0.6 is 0 Å². The molecular weight excluding hydrogens is 495 g/mol. The first-order valence-corrected chi connectivity index (χ1v) is 14.6. The highest BCUT2D eigenvalue weighted by atomic mass is 19.1. The first-order chi connectivity index (χ1) is 18.9. The Bertz CT molecular complexity index is 1200. The maximum Gasteiger partial charge on any atom is 0.146 e. The number of allylic oxidation sites excluding steroid dienone is 8. The second-order valence-electron chi connectivity index (χ2n) is 10.7. The number of nitrogens with one attached hydrogen (secondary N) is 1. The fourth-order valence-corrected chi connectivity index (χ4v) is 5.21. The number of ketones is 1. The summed E-state index contributed by atoms with van der Waals surface area (Å²) < 4.78 is 14.3. The van der Waals surface area contributed by atoms with Crippen molar-refractivity contribution >= 4 is 17.6 Å². The number of aliphatic imine (C=N–C) groups is 1. The molecule has 40 heavy (non-hydrogen) atoms. The minimum Gasteiger partial charge on any atom is -0.356 e. The van der Waals surface area contributed by atoms with Gasteiger partial charge in [-0.25, -0.2) is 4.39 Å². The summed E-state index contributed by atoms with van der Waals surface area (Å²) in [5.41, 5.74) is 6.32. The normalized spacial score (nSPS) is 14.0. The van der Waals surface area contributed by atoms with Crippen molar-refractivity contribution in [1.29, 1.82) is 0 Å². The molecule has 0 aromatic heterocycles. The molecule has 0 saturated heterocycles. The Balaban J connectivity index is 3.62. The molecule has 0 unspecified atom stereocenters. The number of carbonyl (C=O) groups excluding carboxylic acids is 1. The van der Waals surface area contributed by atoms with Crippen molar-refractivity contribution in [2.24, 2.45) is 10.9 Å². The highest BCUT2D eigenvalue weighted by Crippen LogP contribution is 2.40. The zero-order valence-electron chi connectivity index (χ0n) is 26.4. The van der Waals surface area contributed by atoms with Crippen LogP contribution in [0.2, 0.25) is 0 Å². The Hall–Kier alpha value is -3.27. The number of hydrogen-bond acceptors (Lipinski definition) is 3. The molecule has 0 spiro atoms. The van der Waals surface area contributed by atoms with Crippen LogP contribution < -0.4 is 5.32 Å². The number of rotatable bonds is 16. The molecule has 1 N–H and O–H groups in total. The van der Waals surface area contributed by atoms with Gasteiger partial charge < -0.3 is 5.32 Å². The maximum absolute atomic E-state index is 14.3. The maximum atomic E-state index is 14.3. The molecule has 3 nitrogen and oxygen atoms in total. The van der Waals surface area contributed by atoms with E-state index in [9.17, 15) is 9.18 Å². The van der Waals surface area contributed by atoms with E-state index in [1.54, 1.807) is 12.2 Å². The number of hydrogen-bond donors (Lipinski definition) is 1. The lowest BCUT2D eigenvalue weighted by Gasteiger charge is -2.36. The quantitative estimate of drug-likeness (QED) is 0.165. The predicted molar refractivity (Wildman–Crippen MR) is 173 cm³/mol. The van der Waals surface area contributed by atoms with E-state index in [0.717, 1.165) is 71.3 Å². The van der Waals surface area contributed by atoms with E-state index in [0.29, 0.717) is 11.5 Å². The van der Waals surface area contributed by atoms with Gasteiger partial charge in [-0.05, 0) is 93.0 Å². The highest BCUT2D eigenvalue weighted by molar-refractivity contribution is 5.92. The van der Waals surface area contributed by atoms with Gasteiger partial charge in [-0.3, -0.25) is 9.79 Å². The van der Waals surface area contributed by atoms with Gasteiger partial charge in [0, 0.05) is 17.8 Å². The zero-order chi connectivity index (χ0) is 30.5. The smallest absolute Gasteiger partial charge is 0.146 e. The van der Waals surface area contributed by atoms with Gasteiger partial charge in [-0.1, -0.05) is 84.9 Å². The number of nitrogens with zero attached hydrogens (tertiary/aromatic N) is 1. The summed E-state index contributed by atoms with van der Waals surface area (Å²) in [5, 5.41) is 3.16. The Kier molecular flexibility index (Phi) is 14.6. The van der Waals surface area contributed by atoms with Gasteiger partial charge in [-0.15, -0.1) is 0 Å². The SMILES string of the molecule is C=C/C(F)=C(\C=C/C)N/C(C)=C(C)/C(=C\C(=C)c1ccc(C(CCC)(CCC)C(=O)C(C)C)c(C)c1)N=CCC. The molecule has 1 aromatic carbocycles. The van der Waals surface area contributed by atoms with Crippen LogP contribution in [0.25, 0.3) is 5.57 Å². The number of halogens is 1. The van der Waals surface area contributed by atoms with Crippen molar-refractivity contribution in [3.8, 4) is 0 Å². The molecule has 0 amide bonds. The standard InChI is InChI=1S/C36H51FN2O/c1-12-17-33(32(37)16-5)39-29(11)28(10)34(38-22-15-4)24-26(8)30-18-19-31(27(9)23-30)36(20-13-2,21-14-3)35(40)25(6)7/h12,16-19,22-25,39H,5,8,13-15,20-21H2,1-4,6-7,9-11H3/b17-12-,29-28+,33-32-,34-24+,38-22?. The zero-order valence-corrected chi connectivity index (χ0v) is 26.4. The minimum atomic E-state index is -0.463. The van der Waals surface area contributed by atoms with Crippen molar-refractivity contribution < 1.29 is 9.18 Å². The summed E-state index contributed by atoms with van der Waals surface area (Å²) in [6, 6.07) is 6.35. The molecule has 0 heterocycles. The summed E-state index contributed by atoms with van der Waals surface area (Å²) in [6.07, 6.45) is 12.9. The van der Waals surface area contributed by atoms with Gasteiger partial charge >= 0.3 is 0 Å². The predicted octanol–water partition coefficient (Wildman–Crippen LogP) is 10.3. The largest absolute Gasteiger partial charge is 0.356 e. The van der Waals surface area contributed by atoms with Gasteiger partial charge in [0.25, 0.3) is 0 Å². The molecule has 0 aliphatic rings. The van der Waals surface area contributed by atoms with Crippen LogP contribution in [0, 0.1) is 12.8 Å². The second-order valence-corrected chi connectivity index (χ2v) is 10.7. The number of aryl methyl sites for hydroxylation is 1. The second kappa shape index (κ2) is 16.7. The Morgan fingerprint density at radius 3 is 2.25 bits per heavy atom. The van der Waals surface area contributed by atoms with E-state index in [2.05, 4.69) is 57.4 Å².